The van der Waals surface area contributed by atoms with Crippen molar-refractivity contribution >= 4 is 5.57 Å². The van der Waals surface area contributed by atoms with E-state index in [0.29, 0.717) is 11.3 Å². The van der Waals surface area contributed by atoms with Gasteiger partial charge in [-0.05, 0) is 43.6 Å². The van der Waals surface area contributed by atoms with Crippen LogP contribution in [0.3, 0.4) is 0 Å². The minimum Gasteiger partial charge on any atom is -0.316 e. The highest BCUT2D eigenvalue weighted by atomic mass is 19.1. The molecule has 0 aromatic carbocycles. The van der Waals surface area contributed by atoms with Gasteiger partial charge in [-0.3, -0.25) is 4.98 Å². The molecule has 4 heteroatoms. The second-order valence-corrected chi connectivity index (χ2v) is 3.70. The van der Waals surface area contributed by atoms with Crippen LogP contribution in [0.1, 0.15) is 18.5 Å². The summed E-state index contributed by atoms with van der Waals surface area (Å²) in [6.45, 7) is 1.78. The summed E-state index contributed by atoms with van der Waals surface area (Å²) >= 11 is 0. The molecule has 0 saturated carbocycles. The molecule has 16 heavy (non-hydrogen) atoms. The molecule has 1 saturated heterocycles. The molecular formula is C12H12FN3. The molecule has 2 rings (SSSR count). The Kier molecular flexibility index (Phi) is 3.28. The maximum Gasteiger partial charge on any atom is 0.141 e. The quantitative estimate of drug-likeness (QED) is 0.731. The molecule has 0 amide bonds. The zero-order valence-electron chi connectivity index (χ0n) is 8.83. The van der Waals surface area contributed by atoms with Crippen molar-refractivity contribution in [3.8, 4) is 6.07 Å². The number of pyridine rings is 1. The maximum absolute atomic E-state index is 12.7. The maximum atomic E-state index is 12.7. The molecule has 3 nitrogen and oxygen atoms in total. The lowest BCUT2D eigenvalue weighted by atomic mass is 9.97. The predicted molar refractivity (Wildman–Crippen MR) is 58.8 cm³/mol. The summed E-state index contributed by atoms with van der Waals surface area (Å²) in [4.78, 5) is 3.95. The van der Waals surface area contributed by atoms with Crippen molar-refractivity contribution in [3.63, 3.8) is 0 Å². The lowest BCUT2D eigenvalue weighted by molar-refractivity contribution is 0.611. The molecule has 82 valence electrons. The van der Waals surface area contributed by atoms with Crippen LogP contribution in [0.25, 0.3) is 5.57 Å². The van der Waals surface area contributed by atoms with Gasteiger partial charge in [0.2, 0.25) is 0 Å². The van der Waals surface area contributed by atoms with E-state index in [1.54, 1.807) is 6.07 Å². The van der Waals surface area contributed by atoms with Gasteiger partial charge in [-0.15, -0.1) is 0 Å². The molecule has 0 unspecified atom stereocenters. The first kappa shape index (κ1) is 10.8. The summed E-state index contributed by atoms with van der Waals surface area (Å²) in [5.41, 5.74) is 2.28. The third-order valence-electron chi connectivity index (χ3n) is 2.66. The lowest BCUT2D eigenvalue weighted by Crippen LogP contribution is -2.23. The van der Waals surface area contributed by atoms with Gasteiger partial charge < -0.3 is 5.32 Å². The molecule has 0 atom stereocenters. The minimum absolute atomic E-state index is 0.378. The van der Waals surface area contributed by atoms with Gasteiger partial charge in [0.25, 0.3) is 0 Å². The Hall–Kier alpha value is -1.73. The van der Waals surface area contributed by atoms with Gasteiger partial charge in [-0.2, -0.15) is 5.26 Å². The SMILES string of the molecule is N#CC(=C1CCNCC1)c1ccc(F)cn1. The Morgan fingerprint density at radius 3 is 2.69 bits per heavy atom. The molecule has 1 N–H and O–H groups in total. The van der Waals surface area contributed by atoms with Gasteiger partial charge in [0.1, 0.15) is 11.9 Å². The molecule has 1 aliphatic heterocycles. The van der Waals surface area contributed by atoms with Crippen LogP contribution in [0.2, 0.25) is 0 Å². The van der Waals surface area contributed by atoms with Crippen molar-refractivity contribution in [1.82, 2.24) is 10.3 Å². The number of allylic oxidation sites excluding steroid dienone is 1. The van der Waals surface area contributed by atoms with E-state index in [1.165, 1.54) is 6.07 Å². The number of nitrogens with zero attached hydrogens (tertiary/aromatic N) is 2. The fraction of sp³-hybridized carbons (Fsp3) is 0.333. The van der Waals surface area contributed by atoms with Crippen molar-refractivity contribution in [2.45, 2.75) is 12.8 Å². The van der Waals surface area contributed by atoms with E-state index in [4.69, 9.17) is 5.26 Å². The van der Waals surface area contributed by atoms with Gasteiger partial charge in [0.05, 0.1) is 17.5 Å². The molecule has 0 aliphatic carbocycles. The zero-order valence-corrected chi connectivity index (χ0v) is 8.83. The third kappa shape index (κ3) is 2.26. The normalized spacial score (nSPS) is 15.6. The van der Waals surface area contributed by atoms with Crippen LogP contribution < -0.4 is 5.32 Å². The average Bonchev–Trinajstić information content (AvgIpc) is 2.34. The summed E-state index contributed by atoms with van der Waals surface area (Å²) in [6.07, 6.45) is 2.87. The highest BCUT2D eigenvalue weighted by molar-refractivity contribution is 5.77. The number of nitriles is 1. The van der Waals surface area contributed by atoms with Crippen LogP contribution in [0, 0.1) is 17.1 Å². The molecule has 0 spiro atoms. The Morgan fingerprint density at radius 1 is 1.38 bits per heavy atom. The Morgan fingerprint density at radius 2 is 2.12 bits per heavy atom. The van der Waals surface area contributed by atoms with Crippen LogP contribution in [-0.2, 0) is 0 Å². The molecule has 1 aliphatic rings. The van der Waals surface area contributed by atoms with E-state index in [2.05, 4.69) is 16.4 Å². The first-order chi connectivity index (χ1) is 7.81. The van der Waals surface area contributed by atoms with Crippen molar-refractivity contribution in [1.29, 1.82) is 5.26 Å². The largest absolute Gasteiger partial charge is 0.316 e. The minimum atomic E-state index is -0.378. The Labute approximate surface area is 93.6 Å². The van der Waals surface area contributed by atoms with Crippen molar-refractivity contribution in [3.05, 3.63) is 35.4 Å². The predicted octanol–water partition coefficient (Wildman–Crippen LogP) is 1.88. The first-order valence-electron chi connectivity index (χ1n) is 5.26. The highest BCUT2D eigenvalue weighted by Crippen LogP contribution is 2.22. The summed E-state index contributed by atoms with van der Waals surface area (Å²) in [5, 5.41) is 12.4. The second-order valence-electron chi connectivity index (χ2n) is 3.70. The number of aromatic nitrogens is 1. The standard InChI is InChI=1S/C12H12FN3/c13-10-1-2-12(16-8-10)11(7-14)9-3-5-15-6-4-9/h1-2,8,15H,3-6H2. The molecule has 1 fully saturated rings. The molecule has 0 bridgehead atoms. The number of halogens is 1. The smallest absolute Gasteiger partial charge is 0.141 e. The van der Waals surface area contributed by atoms with Crippen LogP contribution in [-0.4, -0.2) is 18.1 Å². The number of hydrogen-bond acceptors (Lipinski definition) is 3. The van der Waals surface area contributed by atoms with Crippen molar-refractivity contribution in [2.75, 3.05) is 13.1 Å². The summed E-state index contributed by atoms with van der Waals surface area (Å²) < 4.78 is 12.7. The fourth-order valence-electron chi connectivity index (χ4n) is 1.82. The highest BCUT2D eigenvalue weighted by Gasteiger charge is 2.13. The number of nitrogens with one attached hydrogen (secondary N) is 1. The monoisotopic (exact) mass is 217 g/mol. The van der Waals surface area contributed by atoms with Crippen molar-refractivity contribution < 1.29 is 4.39 Å². The first-order valence-corrected chi connectivity index (χ1v) is 5.26. The van der Waals surface area contributed by atoms with Gasteiger partial charge in [0.15, 0.2) is 0 Å². The zero-order chi connectivity index (χ0) is 11.4. The molecule has 1 aromatic rings. The van der Waals surface area contributed by atoms with Gasteiger partial charge >= 0.3 is 0 Å². The summed E-state index contributed by atoms with van der Waals surface area (Å²) in [7, 11) is 0. The molecule has 1 aromatic heterocycles. The van der Waals surface area contributed by atoms with Gasteiger partial charge in [-0.25, -0.2) is 4.39 Å². The van der Waals surface area contributed by atoms with Crippen LogP contribution in [0.5, 0.6) is 0 Å². The number of rotatable bonds is 1. The Bertz CT molecular complexity index is 434. The second kappa shape index (κ2) is 4.86. The summed E-state index contributed by atoms with van der Waals surface area (Å²) in [5.74, 6) is -0.378. The van der Waals surface area contributed by atoms with Crippen LogP contribution >= 0.6 is 0 Å². The third-order valence-corrected chi connectivity index (χ3v) is 2.66. The van der Waals surface area contributed by atoms with E-state index in [1.807, 2.05) is 0 Å². The average molecular weight is 217 g/mol. The van der Waals surface area contributed by atoms with E-state index in [9.17, 15) is 4.39 Å². The molecular weight excluding hydrogens is 205 g/mol. The number of piperidine rings is 1. The topological polar surface area (TPSA) is 48.7 Å². The van der Waals surface area contributed by atoms with E-state index in [-0.39, 0.29) is 5.82 Å². The van der Waals surface area contributed by atoms with Crippen molar-refractivity contribution in [2.24, 2.45) is 0 Å². The molecule has 0 radical (unpaired) electrons. The fourth-order valence-corrected chi connectivity index (χ4v) is 1.82. The van der Waals surface area contributed by atoms with Crippen LogP contribution in [0.4, 0.5) is 4.39 Å². The van der Waals surface area contributed by atoms with E-state index >= 15 is 0 Å². The van der Waals surface area contributed by atoms with Gasteiger partial charge in [-0.1, -0.05) is 0 Å². The lowest BCUT2D eigenvalue weighted by Gasteiger charge is -2.16. The Balaban J connectivity index is 2.35. The van der Waals surface area contributed by atoms with E-state index < -0.39 is 0 Å². The van der Waals surface area contributed by atoms with Crippen LogP contribution in [0.15, 0.2) is 23.9 Å². The van der Waals surface area contributed by atoms with Gasteiger partial charge in [0, 0.05) is 0 Å². The summed E-state index contributed by atoms with van der Waals surface area (Å²) in [6, 6.07) is 5.07. The number of hydrogen-bond donors (Lipinski definition) is 1. The molecule has 2 heterocycles. The van der Waals surface area contributed by atoms with E-state index in [0.717, 1.165) is 37.7 Å².